The van der Waals surface area contributed by atoms with Gasteiger partial charge in [0.15, 0.2) is 0 Å². The molecule has 0 bridgehead atoms. The summed E-state index contributed by atoms with van der Waals surface area (Å²) in [5.41, 5.74) is 14.4. The van der Waals surface area contributed by atoms with Gasteiger partial charge in [0.1, 0.15) is 11.9 Å². The second-order valence-corrected chi connectivity index (χ2v) is 8.43. The Balaban J connectivity index is 1.51. The number of amides is 1. The number of carbonyl (C=O) groups excluding carboxylic acids is 3. The molecule has 1 amide bonds. The van der Waals surface area contributed by atoms with Crippen molar-refractivity contribution in [1.82, 2.24) is 15.3 Å². The number of ether oxygens (including phenoxy) is 2. The summed E-state index contributed by atoms with van der Waals surface area (Å²) in [6, 6.07) is 6.25. The molecule has 0 fully saturated rings. The molecule has 3 rings (SSSR count). The van der Waals surface area contributed by atoms with Gasteiger partial charge in [-0.15, -0.1) is 0 Å². The third kappa shape index (κ3) is 7.66. The molecule has 0 unspecified atom stereocenters. The molecule has 11 heteroatoms. The van der Waals surface area contributed by atoms with Crippen molar-refractivity contribution in [2.75, 3.05) is 24.7 Å². The monoisotopic (exact) mass is 511 g/mol. The summed E-state index contributed by atoms with van der Waals surface area (Å²) >= 11 is 0. The van der Waals surface area contributed by atoms with E-state index >= 15 is 0 Å². The van der Waals surface area contributed by atoms with Crippen LogP contribution in [0.1, 0.15) is 61.0 Å². The normalized spacial score (nSPS) is 11.7. The van der Waals surface area contributed by atoms with Crippen LogP contribution in [0.15, 0.2) is 34.9 Å². The molecule has 0 spiro atoms. The third-order valence-electron chi connectivity index (χ3n) is 5.75. The molecule has 0 aliphatic carbocycles. The molecule has 2 heterocycles. The number of aryl methyl sites for hydroxylation is 2. The van der Waals surface area contributed by atoms with Crippen molar-refractivity contribution in [2.24, 2.45) is 0 Å². The number of nitrogen functional groups attached to an aromatic ring is 2. The summed E-state index contributed by atoms with van der Waals surface area (Å²) < 4.78 is 15.4. The molecule has 2 aromatic heterocycles. The fraction of sp³-hybridized carbons (Fsp3) is 0.423. The van der Waals surface area contributed by atoms with Gasteiger partial charge in [-0.2, -0.15) is 9.97 Å². The SMILES string of the molecule is CCOC(=O)CC[C@H](NC(=O)c1ccc(CCCCc2coc3nc(N)nc(N)c23)cc1)C(=O)OCC. The van der Waals surface area contributed by atoms with Gasteiger partial charge in [-0.05, 0) is 63.6 Å². The number of fused-ring (bicyclic) bond motifs is 1. The number of nitrogens with one attached hydrogen (secondary N) is 1. The van der Waals surface area contributed by atoms with Crippen LogP contribution in [-0.4, -0.2) is 47.1 Å². The molecule has 1 aromatic carbocycles. The Morgan fingerprint density at radius 1 is 1.00 bits per heavy atom. The first-order valence-electron chi connectivity index (χ1n) is 12.3. The Hall–Kier alpha value is -4.15. The Bertz CT molecular complexity index is 1220. The maximum atomic E-state index is 12.7. The van der Waals surface area contributed by atoms with Crippen LogP contribution >= 0.6 is 0 Å². The van der Waals surface area contributed by atoms with Crippen LogP contribution in [0.5, 0.6) is 0 Å². The maximum absolute atomic E-state index is 12.7. The average molecular weight is 512 g/mol. The predicted octanol–water partition coefficient (Wildman–Crippen LogP) is 2.96. The number of rotatable bonds is 13. The smallest absolute Gasteiger partial charge is 0.328 e. The van der Waals surface area contributed by atoms with Crippen molar-refractivity contribution >= 4 is 40.7 Å². The maximum Gasteiger partial charge on any atom is 0.328 e. The van der Waals surface area contributed by atoms with Crippen molar-refractivity contribution in [1.29, 1.82) is 0 Å². The fourth-order valence-electron chi connectivity index (χ4n) is 3.93. The van der Waals surface area contributed by atoms with Crippen LogP contribution in [0, 0.1) is 0 Å². The van der Waals surface area contributed by atoms with Gasteiger partial charge in [0.25, 0.3) is 5.91 Å². The summed E-state index contributed by atoms with van der Waals surface area (Å²) in [6.45, 7) is 3.81. The first kappa shape index (κ1) is 27.4. The van der Waals surface area contributed by atoms with Gasteiger partial charge >= 0.3 is 11.9 Å². The summed E-state index contributed by atoms with van der Waals surface area (Å²) in [4.78, 5) is 44.7. The fourth-order valence-corrected chi connectivity index (χ4v) is 3.93. The summed E-state index contributed by atoms with van der Waals surface area (Å²) in [6.07, 6.45) is 5.11. The third-order valence-corrected chi connectivity index (χ3v) is 5.75. The minimum atomic E-state index is -0.939. The number of nitrogens with two attached hydrogens (primary N) is 2. The summed E-state index contributed by atoms with van der Waals surface area (Å²) in [5, 5.41) is 3.37. The van der Waals surface area contributed by atoms with Crippen molar-refractivity contribution in [3.8, 4) is 0 Å². The lowest BCUT2D eigenvalue weighted by Crippen LogP contribution is -2.42. The van der Waals surface area contributed by atoms with Crippen LogP contribution in [0.4, 0.5) is 11.8 Å². The van der Waals surface area contributed by atoms with E-state index in [4.69, 9.17) is 25.4 Å². The molecule has 0 saturated carbocycles. The number of unbranched alkanes of at least 4 members (excludes halogenated alkanes) is 1. The molecule has 0 aliphatic heterocycles. The largest absolute Gasteiger partial charge is 0.466 e. The summed E-state index contributed by atoms with van der Waals surface area (Å²) in [7, 11) is 0. The number of benzene rings is 1. The van der Waals surface area contributed by atoms with E-state index in [1.165, 1.54) is 0 Å². The highest BCUT2D eigenvalue weighted by atomic mass is 16.5. The number of furan rings is 1. The molecule has 11 nitrogen and oxygen atoms in total. The number of hydrogen-bond donors (Lipinski definition) is 3. The molecule has 0 aliphatic rings. The van der Waals surface area contributed by atoms with Gasteiger partial charge in [-0.1, -0.05) is 12.1 Å². The second kappa shape index (κ2) is 13.2. The van der Waals surface area contributed by atoms with Crippen LogP contribution in [0.2, 0.25) is 0 Å². The van der Waals surface area contributed by atoms with Crippen molar-refractivity contribution < 1.29 is 28.3 Å². The van der Waals surface area contributed by atoms with E-state index < -0.39 is 23.9 Å². The topological polar surface area (TPSA) is 173 Å². The van der Waals surface area contributed by atoms with Crippen molar-refractivity contribution in [2.45, 2.75) is 58.4 Å². The van der Waals surface area contributed by atoms with Crippen LogP contribution in [0.3, 0.4) is 0 Å². The van der Waals surface area contributed by atoms with Gasteiger partial charge in [0, 0.05) is 17.5 Å². The number of esters is 2. The van der Waals surface area contributed by atoms with E-state index in [0.29, 0.717) is 22.5 Å². The van der Waals surface area contributed by atoms with Gasteiger partial charge in [-0.25, -0.2) is 4.79 Å². The van der Waals surface area contributed by atoms with Gasteiger partial charge in [0.05, 0.1) is 24.9 Å². The Labute approximate surface area is 214 Å². The highest BCUT2D eigenvalue weighted by molar-refractivity contribution is 5.97. The molecular weight excluding hydrogens is 478 g/mol. The highest BCUT2D eigenvalue weighted by Crippen LogP contribution is 2.26. The van der Waals surface area contributed by atoms with Crippen LogP contribution in [-0.2, 0) is 31.9 Å². The number of nitrogens with zero attached hydrogens (tertiary/aromatic N) is 2. The molecule has 1 atom stereocenters. The number of aromatic nitrogens is 2. The Morgan fingerprint density at radius 3 is 2.41 bits per heavy atom. The molecule has 0 saturated heterocycles. The molecule has 0 radical (unpaired) electrons. The first-order valence-corrected chi connectivity index (χ1v) is 12.3. The number of anilines is 2. The van der Waals surface area contributed by atoms with Gasteiger partial charge in [-0.3, -0.25) is 9.59 Å². The molecule has 3 aromatic rings. The van der Waals surface area contributed by atoms with E-state index in [1.54, 1.807) is 32.2 Å². The van der Waals surface area contributed by atoms with Crippen molar-refractivity contribution in [3.63, 3.8) is 0 Å². The van der Waals surface area contributed by atoms with E-state index in [1.807, 2.05) is 12.1 Å². The second-order valence-electron chi connectivity index (χ2n) is 8.43. The lowest BCUT2D eigenvalue weighted by molar-refractivity contribution is -0.146. The zero-order valence-electron chi connectivity index (χ0n) is 21.1. The quantitative estimate of drug-likeness (QED) is 0.229. The highest BCUT2D eigenvalue weighted by Gasteiger charge is 2.24. The van der Waals surface area contributed by atoms with Crippen LogP contribution < -0.4 is 16.8 Å². The van der Waals surface area contributed by atoms with Crippen LogP contribution in [0.25, 0.3) is 11.1 Å². The van der Waals surface area contributed by atoms with E-state index in [9.17, 15) is 14.4 Å². The molecule has 5 N–H and O–H groups in total. The zero-order chi connectivity index (χ0) is 26.8. The van der Waals surface area contributed by atoms with Crippen molar-refractivity contribution in [3.05, 3.63) is 47.2 Å². The minimum absolute atomic E-state index is 0.00117. The standard InChI is InChI=1S/C26H33N5O6/c1-3-35-20(32)14-13-19(25(34)36-4-2)29-23(33)17-11-9-16(10-12-17)7-5-6-8-18-15-37-24-21(18)22(27)30-26(28)31-24/h9-12,15,19H,3-8,13-14H2,1-2H3,(H,29,33)(H4,27,28,30,31)/t19-/m0/s1. The zero-order valence-corrected chi connectivity index (χ0v) is 21.1. The first-order chi connectivity index (χ1) is 17.8. The lowest BCUT2D eigenvalue weighted by atomic mass is 10.0. The summed E-state index contributed by atoms with van der Waals surface area (Å²) in [5.74, 6) is -1.04. The Morgan fingerprint density at radius 2 is 1.70 bits per heavy atom. The average Bonchev–Trinajstić information content (AvgIpc) is 3.28. The number of hydrogen-bond acceptors (Lipinski definition) is 10. The molecule has 37 heavy (non-hydrogen) atoms. The number of carbonyl (C=O) groups is 3. The van der Waals surface area contributed by atoms with Gasteiger partial charge in [0.2, 0.25) is 11.7 Å². The van der Waals surface area contributed by atoms with E-state index in [-0.39, 0.29) is 32.0 Å². The van der Waals surface area contributed by atoms with E-state index in [2.05, 4.69) is 15.3 Å². The van der Waals surface area contributed by atoms with E-state index in [0.717, 1.165) is 36.8 Å². The molecular formula is C26H33N5O6. The predicted molar refractivity (Wildman–Crippen MR) is 137 cm³/mol. The Kier molecular flexibility index (Phi) is 9.82. The van der Waals surface area contributed by atoms with Gasteiger partial charge < -0.3 is 30.7 Å². The lowest BCUT2D eigenvalue weighted by Gasteiger charge is -2.17. The minimum Gasteiger partial charge on any atom is -0.466 e. The molecule has 198 valence electrons.